The minimum absolute atomic E-state index is 0.519. The van der Waals surface area contributed by atoms with Gasteiger partial charge in [-0.25, -0.2) is 13.8 Å². The van der Waals surface area contributed by atoms with Gasteiger partial charge in [0.15, 0.2) is 5.13 Å². The number of aromatic nitrogens is 1. The standard InChI is InChI=1S/C15H11ClF2N2S/c16-10-1-2-14-13(7-10)20-15(21-14)19-4-3-9-5-11(17)8-12(18)6-9/h1-2,5-8H,3-4H2,(H,19,20). The molecule has 2 nitrogen and oxygen atoms in total. The molecule has 0 radical (unpaired) electrons. The van der Waals surface area contributed by atoms with E-state index in [1.165, 1.54) is 23.5 Å². The van der Waals surface area contributed by atoms with E-state index in [2.05, 4.69) is 10.3 Å². The molecule has 21 heavy (non-hydrogen) atoms. The molecule has 0 amide bonds. The summed E-state index contributed by atoms with van der Waals surface area (Å²) in [5.74, 6) is -1.11. The predicted molar refractivity (Wildman–Crippen MR) is 83.2 cm³/mol. The van der Waals surface area contributed by atoms with E-state index in [-0.39, 0.29) is 0 Å². The lowest BCUT2D eigenvalue weighted by Crippen LogP contribution is -2.05. The summed E-state index contributed by atoms with van der Waals surface area (Å²) in [6, 6.07) is 9.09. The summed E-state index contributed by atoms with van der Waals surface area (Å²) in [6.45, 7) is 0.552. The smallest absolute Gasteiger partial charge is 0.183 e. The molecule has 0 fully saturated rings. The molecule has 3 rings (SSSR count). The molecule has 108 valence electrons. The molecule has 0 aliphatic carbocycles. The van der Waals surface area contributed by atoms with Gasteiger partial charge in [0.25, 0.3) is 0 Å². The lowest BCUT2D eigenvalue weighted by atomic mass is 10.1. The summed E-state index contributed by atoms with van der Waals surface area (Å²) < 4.78 is 27.2. The van der Waals surface area contributed by atoms with Crippen molar-refractivity contribution in [2.24, 2.45) is 0 Å². The molecule has 0 bridgehead atoms. The van der Waals surface area contributed by atoms with Gasteiger partial charge in [0.1, 0.15) is 11.6 Å². The van der Waals surface area contributed by atoms with Gasteiger partial charge < -0.3 is 5.32 Å². The molecule has 2 aromatic carbocycles. The maximum atomic E-state index is 13.1. The zero-order valence-corrected chi connectivity index (χ0v) is 12.4. The van der Waals surface area contributed by atoms with Crippen molar-refractivity contribution in [1.82, 2.24) is 4.98 Å². The van der Waals surface area contributed by atoms with Crippen LogP contribution in [-0.2, 0) is 6.42 Å². The lowest BCUT2D eigenvalue weighted by molar-refractivity contribution is 0.580. The maximum absolute atomic E-state index is 13.1. The van der Waals surface area contributed by atoms with Gasteiger partial charge >= 0.3 is 0 Å². The third kappa shape index (κ3) is 3.49. The number of thiazole rings is 1. The fraction of sp³-hybridized carbons (Fsp3) is 0.133. The van der Waals surface area contributed by atoms with Crippen LogP contribution < -0.4 is 5.32 Å². The molecule has 0 spiro atoms. The molecule has 1 N–H and O–H groups in total. The number of fused-ring (bicyclic) bond motifs is 1. The number of nitrogens with zero attached hydrogens (tertiary/aromatic N) is 1. The second-order valence-electron chi connectivity index (χ2n) is 4.59. The fourth-order valence-corrected chi connectivity index (χ4v) is 3.08. The Morgan fingerprint density at radius 3 is 2.62 bits per heavy atom. The third-order valence-electron chi connectivity index (χ3n) is 2.96. The molecule has 0 saturated carbocycles. The van der Waals surface area contributed by atoms with Crippen molar-refractivity contribution in [3.63, 3.8) is 0 Å². The van der Waals surface area contributed by atoms with Gasteiger partial charge in [0.05, 0.1) is 10.2 Å². The summed E-state index contributed by atoms with van der Waals surface area (Å²) >= 11 is 7.43. The Bertz CT molecular complexity index is 768. The highest BCUT2D eigenvalue weighted by Gasteiger charge is 2.05. The Balaban J connectivity index is 1.66. The van der Waals surface area contributed by atoms with Crippen molar-refractivity contribution in [1.29, 1.82) is 0 Å². The Hall–Kier alpha value is -1.72. The van der Waals surface area contributed by atoms with Crippen molar-refractivity contribution in [2.45, 2.75) is 6.42 Å². The van der Waals surface area contributed by atoms with Crippen LogP contribution in [0.5, 0.6) is 0 Å². The normalized spacial score (nSPS) is 11.0. The van der Waals surface area contributed by atoms with E-state index in [0.717, 1.165) is 21.4 Å². The molecular formula is C15H11ClF2N2S. The predicted octanol–water partition coefficient (Wildman–Crippen LogP) is 4.88. The first-order chi connectivity index (χ1) is 10.1. The Labute approximate surface area is 129 Å². The number of rotatable bonds is 4. The van der Waals surface area contributed by atoms with Crippen molar-refractivity contribution in [3.8, 4) is 0 Å². The fourth-order valence-electron chi connectivity index (χ4n) is 2.05. The van der Waals surface area contributed by atoms with Crippen LogP contribution in [0, 0.1) is 11.6 Å². The van der Waals surface area contributed by atoms with Gasteiger partial charge in [-0.15, -0.1) is 0 Å². The second kappa shape index (κ2) is 5.95. The monoisotopic (exact) mass is 324 g/mol. The average Bonchev–Trinajstić information content (AvgIpc) is 2.79. The molecule has 0 atom stereocenters. The van der Waals surface area contributed by atoms with Crippen LogP contribution in [0.3, 0.4) is 0 Å². The minimum atomic E-state index is -0.556. The van der Waals surface area contributed by atoms with Crippen LogP contribution in [-0.4, -0.2) is 11.5 Å². The highest BCUT2D eigenvalue weighted by atomic mass is 35.5. The topological polar surface area (TPSA) is 24.9 Å². The van der Waals surface area contributed by atoms with E-state index >= 15 is 0 Å². The van der Waals surface area contributed by atoms with Crippen LogP contribution in [0.1, 0.15) is 5.56 Å². The highest BCUT2D eigenvalue weighted by Crippen LogP contribution is 2.27. The van der Waals surface area contributed by atoms with Gasteiger partial charge in [-0.3, -0.25) is 0 Å². The van der Waals surface area contributed by atoms with E-state index < -0.39 is 11.6 Å². The SMILES string of the molecule is Fc1cc(F)cc(CCNc2nc3cc(Cl)ccc3s2)c1. The first-order valence-corrected chi connectivity index (χ1v) is 7.54. The summed E-state index contributed by atoms with van der Waals surface area (Å²) in [4.78, 5) is 4.41. The Morgan fingerprint density at radius 1 is 1.10 bits per heavy atom. The quantitative estimate of drug-likeness (QED) is 0.739. The zero-order valence-electron chi connectivity index (χ0n) is 10.9. The molecular weight excluding hydrogens is 314 g/mol. The average molecular weight is 325 g/mol. The van der Waals surface area contributed by atoms with E-state index in [4.69, 9.17) is 11.6 Å². The number of anilines is 1. The first-order valence-electron chi connectivity index (χ1n) is 6.35. The van der Waals surface area contributed by atoms with Crippen LogP contribution in [0.15, 0.2) is 36.4 Å². The number of nitrogens with one attached hydrogen (secondary N) is 1. The molecule has 0 unspecified atom stereocenters. The number of halogens is 3. The van der Waals surface area contributed by atoms with E-state index in [1.807, 2.05) is 12.1 Å². The van der Waals surface area contributed by atoms with Crippen molar-refractivity contribution in [3.05, 3.63) is 58.6 Å². The molecule has 0 aliphatic rings. The van der Waals surface area contributed by atoms with E-state index in [0.29, 0.717) is 23.6 Å². The molecule has 3 aromatic rings. The van der Waals surface area contributed by atoms with Gasteiger partial charge in [-0.05, 0) is 42.3 Å². The van der Waals surface area contributed by atoms with Gasteiger partial charge in [0, 0.05) is 17.6 Å². The summed E-state index contributed by atoms with van der Waals surface area (Å²) in [7, 11) is 0. The van der Waals surface area contributed by atoms with Crippen LogP contribution in [0.4, 0.5) is 13.9 Å². The van der Waals surface area contributed by atoms with Crippen LogP contribution >= 0.6 is 22.9 Å². The largest absolute Gasteiger partial charge is 0.361 e. The molecule has 6 heteroatoms. The van der Waals surface area contributed by atoms with E-state index in [1.54, 1.807) is 6.07 Å². The molecule has 0 saturated heterocycles. The summed E-state index contributed by atoms with van der Waals surface area (Å²) in [6.07, 6.45) is 0.519. The van der Waals surface area contributed by atoms with Crippen molar-refractivity contribution in [2.75, 3.05) is 11.9 Å². The third-order valence-corrected chi connectivity index (χ3v) is 4.19. The maximum Gasteiger partial charge on any atom is 0.183 e. The zero-order chi connectivity index (χ0) is 14.8. The summed E-state index contributed by atoms with van der Waals surface area (Å²) in [5.41, 5.74) is 1.45. The van der Waals surface area contributed by atoms with Crippen molar-refractivity contribution >= 4 is 38.3 Å². The van der Waals surface area contributed by atoms with Crippen LogP contribution in [0.2, 0.25) is 5.02 Å². The van der Waals surface area contributed by atoms with Gasteiger partial charge in [-0.1, -0.05) is 22.9 Å². The summed E-state index contributed by atoms with van der Waals surface area (Å²) in [5, 5.41) is 4.58. The molecule has 1 aromatic heterocycles. The second-order valence-corrected chi connectivity index (χ2v) is 6.05. The number of hydrogen-bond donors (Lipinski definition) is 1. The Kier molecular flexibility index (Phi) is 4.03. The molecule has 1 heterocycles. The molecule has 0 aliphatic heterocycles. The van der Waals surface area contributed by atoms with Crippen molar-refractivity contribution < 1.29 is 8.78 Å². The van der Waals surface area contributed by atoms with Gasteiger partial charge in [-0.2, -0.15) is 0 Å². The van der Waals surface area contributed by atoms with E-state index in [9.17, 15) is 8.78 Å². The lowest BCUT2D eigenvalue weighted by Gasteiger charge is -2.03. The number of benzene rings is 2. The Morgan fingerprint density at radius 2 is 1.86 bits per heavy atom. The highest BCUT2D eigenvalue weighted by molar-refractivity contribution is 7.22. The first kappa shape index (κ1) is 14.2. The van der Waals surface area contributed by atoms with Crippen LogP contribution in [0.25, 0.3) is 10.2 Å². The minimum Gasteiger partial charge on any atom is -0.361 e. The van der Waals surface area contributed by atoms with Gasteiger partial charge in [0.2, 0.25) is 0 Å². The number of hydrogen-bond acceptors (Lipinski definition) is 3.